The Morgan fingerprint density at radius 2 is 1.14 bits per heavy atom. The number of azo groups is 2. The van der Waals surface area contributed by atoms with Crippen molar-refractivity contribution in [1.82, 2.24) is 0 Å². The molecule has 0 saturated carbocycles. The molecule has 0 fully saturated rings. The third-order valence-corrected chi connectivity index (χ3v) is 4.38. The highest BCUT2D eigenvalue weighted by molar-refractivity contribution is 5.77. The standard InChI is InChI=1S/C21H22N8/c1-12-4-6-15(7-5-12)26-27-18-8-14(3)19(9-13(18)2)28-29-21-11-20(25-24)16(22)10-17(21)23/h4-11,24H,22-23H2,1-3H3. The van der Waals surface area contributed by atoms with Crippen molar-refractivity contribution in [1.29, 1.82) is 5.53 Å². The quantitative estimate of drug-likeness (QED) is 0.313. The molecule has 0 aliphatic carbocycles. The Bertz CT molecular complexity index is 1110. The lowest BCUT2D eigenvalue weighted by atomic mass is 10.1. The van der Waals surface area contributed by atoms with E-state index in [1.807, 2.05) is 57.2 Å². The van der Waals surface area contributed by atoms with Crippen LogP contribution in [0.5, 0.6) is 0 Å². The van der Waals surface area contributed by atoms with Crippen LogP contribution in [0.2, 0.25) is 0 Å². The fraction of sp³-hybridized carbons (Fsp3) is 0.143. The molecule has 0 aliphatic heterocycles. The summed E-state index contributed by atoms with van der Waals surface area (Å²) in [4.78, 5) is 0. The van der Waals surface area contributed by atoms with Gasteiger partial charge in [-0.1, -0.05) is 17.7 Å². The number of hydrogen-bond acceptors (Lipinski definition) is 8. The van der Waals surface area contributed by atoms with Gasteiger partial charge in [-0.3, -0.25) is 0 Å². The summed E-state index contributed by atoms with van der Waals surface area (Å²) in [6.07, 6.45) is 0. The monoisotopic (exact) mass is 386 g/mol. The van der Waals surface area contributed by atoms with Gasteiger partial charge in [0.1, 0.15) is 11.4 Å². The molecule has 0 atom stereocenters. The predicted octanol–water partition coefficient (Wildman–Crippen LogP) is 7.27. The molecule has 0 saturated heterocycles. The summed E-state index contributed by atoms with van der Waals surface area (Å²) < 4.78 is 0. The second-order valence-corrected chi connectivity index (χ2v) is 6.74. The Morgan fingerprint density at radius 1 is 0.621 bits per heavy atom. The molecule has 146 valence electrons. The van der Waals surface area contributed by atoms with E-state index in [0.717, 1.165) is 22.5 Å². The maximum Gasteiger partial charge on any atom is 0.111 e. The highest BCUT2D eigenvalue weighted by Gasteiger charge is 2.07. The minimum absolute atomic E-state index is 0.299. The van der Waals surface area contributed by atoms with Gasteiger partial charge in [0.2, 0.25) is 0 Å². The minimum atomic E-state index is 0.299. The average Bonchev–Trinajstić information content (AvgIpc) is 2.69. The molecule has 3 aromatic carbocycles. The molecule has 29 heavy (non-hydrogen) atoms. The van der Waals surface area contributed by atoms with Gasteiger partial charge in [-0.25, -0.2) is 5.53 Å². The van der Waals surface area contributed by atoms with Crippen LogP contribution >= 0.6 is 0 Å². The molecule has 0 aromatic heterocycles. The van der Waals surface area contributed by atoms with Gasteiger partial charge in [0, 0.05) is 0 Å². The molecule has 0 amide bonds. The van der Waals surface area contributed by atoms with Crippen LogP contribution in [0.4, 0.5) is 39.8 Å². The first-order valence-electron chi connectivity index (χ1n) is 8.95. The maximum atomic E-state index is 7.16. The Kier molecular flexibility index (Phi) is 5.73. The zero-order valence-corrected chi connectivity index (χ0v) is 16.5. The van der Waals surface area contributed by atoms with Crippen LogP contribution in [0, 0.1) is 26.3 Å². The zero-order chi connectivity index (χ0) is 21.0. The molecular weight excluding hydrogens is 364 g/mol. The van der Waals surface area contributed by atoms with Gasteiger partial charge in [0.05, 0.1) is 28.4 Å². The van der Waals surface area contributed by atoms with Gasteiger partial charge in [-0.05, 0) is 68.3 Å². The second-order valence-electron chi connectivity index (χ2n) is 6.74. The number of aryl methyl sites for hydroxylation is 3. The van der Waals surface area contributed by atoms with Crippen molar-refractivity contribution in [3.63, 3.8) is 0 Å². The van der Waals surface area contributed by atoms with Gasteiger partial charge < -0.3 is 11.5 Å². The molecule has 3 rings (SSSR count). The molecule has 0 radical (unpaired) electrons. The lowest BCUT2D eigenvalue weighted by Crippen LogP contribution is -1.90. The molecular formula is C21H22N8. The summed E-state index contributed by atoms with van der Waals surface area (Å²) in [6.45, 7) is 5.90. The van der Waals surface area contributed by atoms with Crippen molar-refractivity contribution >= 4 is 39.8 Å². The highest BCUT2D eigenvalue weighted by atomic mass is 15.1. The number of anilines is 2. The summed E-state index contributed by atoms with van der Waals surface area (Å²) in [5, 5.41) is 20.5. The Labute approximate surface area is 168 Å². The van der Waals surface area contributed by atoms with E-state index in [9.17, 15) is 0 Å². The van der Waals surface area contributed by atoms with Gasteiger partial charge in [-0.2, -0.15) is 20.5 Å². The van der Waals surface area contributed by atoms with E-state index in [2.05, 4.69) is 25.6 Å². The third-order valence-electron chi connectivity index (χ3n) is 4.38. The van der Waals surface area contributed by atoms with Gasteiger partial charge in [-0.15, -0.1) is 5.11 Å². The fourth-order valence-corrected chi connectivity index (χ4v) is 2.63. The third kappa shape index (κ3) is 4.67. The largest absolute Gasteiger partial charge is 0.397 e. The van der Waals surface area contributed by atoms with Crippen molar-refractivity contribution in [2.45, 2.75) is 20.8 Å². The summed E-state index contributed by atoms with van der Waals surface area (Å²) >= 11 is 0. The van der Waals surface area contributed by atoms with E-state index in [4.69, 9.17) is 17.0 Å². The van der Waals surface area contributed by atoms with Crippen LogP contribution in [0.3, 0.4) is 0 Å². The first-order valence-corrected chi connectivity index (χ1v) is 8.95. The van der Waals surface area contributed by atoms with Crippen molar-refractivity contribution in [3.8, 4) is 0 Å². The zero-order valence-electron chi connectivity index (χ0n) is 16.5. The number of hydrogen-bond donors (Lipinski definition) is 3. The van der Waals surface area contributed by atoms with Crippen molar-refractivity contribution in [3.05, 3.63) is 65.2 Å². The molecule has 8 nitrogen and oxygen atoms in total. The van der Waals surface area contributed by atoms with Crippen LogP contribution in [-0.4, -0.2) is 0 Å². The lowest BCUT2D eigenvalue weighted by molar-refractivity contribution is 1.14. The Balaban J connectivity index is 1.87. The average molecular weight is 386 g/mol. The number of rotatable bonds is 5. The van der Waals surface area contributed by atoms with Crippen molar-refractivity contribution in [2.75, 3.05) is 11.5 Å². The SMILES string of the molecule is Cc1ccc(N=Nc2cc(C)c(N=Nc3cc(N=N)c(N)cc3N)cc2C)cc1. The van der Waals surface area contributed by atoms with E-state index >= 15 is 0 Å². The molecule has 0 spiro atoms. The summed E-state index contributed by atoms with van der Waals surface area (Å²) in [6, 6.07) is 14.7. The predicted molar refractivity (Wildman–Crippen MR) is 116 cm³/mol. The fourth-order valence-electron chi connectivity index (χ4n) is 2.63. The molecule has 8 heteroatoms. The molecule has 0 unspecified atom stereocenters. The Morgan fingerprint density at radius 3 is 1.72 bits per heavy atom. The topological polar surface area (TPSA) is 138 Å². The molecule has 0 heterocycles. The van der Waals surface area contributed by atoms with Gasteiger partial charge in [0.15, 0.2) is 0 Å². The van der Waals surface area contributed by atoms with Crippen LogP contribution < -0.4 is 11.5 Å². The first-order chi connectivity index (χ1) is 13.9. The van der Waals surface area contributed by atoms with Gasteiger partial charge in [0.25, 0.3) is 0 Å². The number of nitrogens with two attached hydrogens (primary N) is 2. The van der Waals surface area contributed by atoms with E-state index < -0.39 is 0 Å². The number of nitrogen functional groups attached to an aromatic ring is 2. The summed E-state index contributed by atoms with van der Waals surface area (Å²) in [7, 11) is 0. The van der Waals surface area contributed by atoms with Crippen LogP contribution in [0.1, 0.15) is 16.7 Å². The van der Waals surface area contributed by atoms with E-state index in [1.54, 1.807) is 0 Å². The van der Waals surface area contributed by atoms with Crippen LogP contribution in [-0.2, 0) is 0 Å². The normalized spacial score (nSPS) is 11.4. The van der Waals surface area contributed by atoms with E-state index in [1.165, 1.54) is 17.7 Å². The molecule has 0 aliphatic rings. The van der Waals surface area contributed by atoms with Gasteiger partial charge >= 0.3 is 0 Å². The first kappa shape index (κ1) is 19.8. The van der Waals surface area contributed by atoms with E-state index in [-0.39, 0.29) is 0 Å². The lowest BCUT2D eigenvalue weighted by Gasteiger charge is -2.06. The minimum Gasteiger partial charge on any atom is -0.397 e. The Hall–Kier alpha value is -3.94. The van der Waals surface area contributed by atoms with Crippen LogP contribution in [0.25, 0.3) is 0 Å². The van der Waals surface area contributed by atoms with Crippen molar-refractivity contribution < 1.29 is 0 Å². The molecule has 3 aromatic rings. The molecule has 5 N–H and O–H groups in total. The smallest absolute Gasteiger partial charge is 0.111 e. The summed E-state index contributed by atoms with van der Waals surface area (Å²) in [5.74, 6) is 0. The summed E-state index contributed by atoms with van der Waals surface area (Å²) in [5.41, 5.74) is 25.5. The second kappa shape index (κ2) is 8.39. The number of benzene rings is 3. The van der Waals surface area contributed by atoms with Crippen LogP contribution in [0.15, 0.2) is 74.1 Å². The highest BCUT2D eigenvalue weighted by Crippen LogP contribution is 2.35. The maximum absolute atomic E-state index is 7.16. The van der Waals surface area contributed by atoms with Crippen molar-refractivity contribution in [2.24, 2.45) is 25.6 Å². The number of nitrogens with one attached hydrogen (secondary N) is 1. The number of nitrogens with zero attached hydrogens (tertiary/aromatic N) is 5. The van der Waals surface area contributed by atoms with E-state index in [0.29, 0.717) is 28.4 Å². The molecule has 0 bridgehead atoms.